The van der Waals surface area contributed by atoms with E-state index < -0.39 is 5.82 Å². The van der Waals surface area contributed by atoms with Crippen molar-refractivity contribution in [3.63, 3.8) is 0 Å². The van der Waals surface area contributed by atoms with E-state index in [2.05, 4.69) is 21.9 Å². The Labute approximate surface area is 201 Å². The number of piperidine rings is 1. The van der Waals surface area contributed by atoms with Crippen LogP contribution in [0.2, 0.25) is 0 Å². The summed E-state index contributed by atoms with van der Waals surface area (Å²) >= 11 is 0. The third-order valence-electron chi connectivity index (χ3n) is 6.12. The fourth-order valence-electron chi connectivity index (χ4n) is 4.41. The Morgan fingerprint density at radius 2 is 1.97 bits per heavy atom. The highest BCUT2D eigenvalue weighted by Gasteiger charge is 2.28. The molecule has 176 valence electrons. The van der Waals surface area contributed by atoms with Crippen molar-refractivity contribution in [1.82, 2.24) is 24.6 Å². The van der Waals surface area contributed by atoms with Crippen LogP contribution in [-0.4, -0.2) is 49.6 Å². The first-order valence-electron chi connectivity index (χ1n) is 11.3. The van der Waals surface area contributed by atoms with Crippen LogP contribution in [0.25, 0.3) is 22.2 Å². The molecule has 1 aliphatic heterocycles. The number of rotatable bonds is 5. The number of hydrogen-bond donors (Lipinski definition) is 1. The Morgan fingerprint density at radius 3 is 2.71 bits per heavy atom. The standard InChI is InChI=1S/C26H23FN6O2/c1-2-23(34)32-13-5-6-19(16-32)33-25-20(14-28-15-21(25)27)24(31-33)17-8-10-18(11-9-17)26(35)30-22-7-3-4-12-29-22/h2-4,7-12,14-15,19H,1,5-6,13,16H2,(H,29,30,35). The maximum absolute atomic E-state index is 15.0. The van der Waals surface area contributed by atoms with Crippen LogP contribution in [0.3, 0.4) is 0 Å². The van der Waals surface area contributed by atoms with Gasteiger partial charge >= 0.3 is 0 Å². The van der Waals surface area contributed by atoms with Crippen molar-refractivity contribution in [2.45, 2.75) is 18.9 Å². The lowest BCUT2D eigenvalue weighted by molar-refractivity contribution is -0.127. The molecule has 1 fully saturated rings. The van der Waals surface area contributed by atoms with E-state index in [4.69, 9.17) is 5.10 Å². The van der Waals surface area contributed by atoms with Gasteiger partial charge in [0, 0.05) is 42.0 Å². The van der Waals surface area contributed by atoms with Crippen molar-refractivity contribution in [2.75, 3.05) is 18.4 Å². The van der Waals surface area contributed by atoms with Crippen LogP contribution in [0, 0.1) is 5.82 Å². The first kappa shape index (κ1) is 22.4. The molecule has 9 heteroatoms. The number of hydrogen-bond acceptors (Lipinski definition) is 5. The molecule has 1 aromatic carbocycles. The monoisotopic (exact) mass is 470 g/mol. The second-order valence-corrected chi connectivity index (χ2v) is 8.34. The first-order chi connectivity index (χ1) is 17.0. The van der Waals surface area contributed by atoms with Gasteiger partial charge in [-0.1, -0.05) is 24.8 Å². The molecular formula is C26H23FN6O2. The molecule has 5 rings (SSSR count). The Bertz CT molecular complexity index is 1400. The molecule has 4 aromatic rings. The molecule has 1 aliphatic rings. The highest BCUT2D eigenvalue weighted by molar-refractivity contribution is 6.04. The molecule has 35 heavy (non-hydrogen) atoms. The Morgan fingerprint density at radius 1 is 1.14 bits per heavy atom. The van der Waals surface area contributed by atoms with Crippen LogP contribution >= 0.6 is 0 Å². The third-order valence-corrected chi connectivity index (χ3v) is 6.12. The van der Waals surface area contributed by atoms with Crippen molar-refractivity contribution in [3.05, 3.63) is 85.1 Å². The van der Waals surface area contributed by atoms with Crippen LogP contribution in [0.15, 0.2) is 73.7 Å². The van der Waals surface area contributed by atoms with Crippen molar-refractivity contribution >= 4 is 28.5 Å². The molecular weight excluding hydrogens is 447 g/mol. The number of aromatic nitrogens is 4. The van der Waals surface area contributed by atoms with E-state index >= 15 is 0 Å². The molecule has 0 aliphatic carbocycles. The predicted molar refractivity (Wildman–Crippen MR) is 130 cm³/mol. The number of carbonyl (C=O) groups excluding carboxylic acids is 2. The second-order valence-electron chi connectivity index (χ2n) is 8.34. The molecule has 2 amide bonds. The van der Waals surface area contributed by atoms with E-state index in [1.54, 1.807) is 64.4 Å². The maximum atomic E-state index is 15.0. The Balaban J connectivity index is 1.47. The first-order valence-corrected chi connectivity index (χ1v) is 11.3. The van der Waals surface area contributed by atoms with Crippen LogP contribution in [0.1, 0.15) is 29.2 Å². The van der Waals surface area contributed by atoms with Gasteiger partial charge in [-0.3, -0.25) is 19.3 Å². The van der Waals surface area contributed by atoms with Crippen molar-refractivity contribution < 1.29 is 14.0 Å². The summed E-state index contributed by atoms with van der Waals surface area (Å²) in [7, 11) is 0. The number of amides is 2. The summed E-state index contributed by atoms with van der Waals surface area (Å²) in [6, 6.07) is 12.0. The zero-order chi connectivity index (χ0) is 24.4. The smallest absolute Gasteiger partial charge is 0.256 e. The highest BCUT2D eigenvalue weighted by atomic mass is 19.1. The van der Waals surface area contributed by atoms with Gasteiger partial charge in [-0.15, -0.1) is 0 Å². The van der Waals surface area contributed by atoms with Crippen molar-refractivity contribution in [2.24, 2.45) is 0 Å². The number of carbonyl (C=O) groups is 2. The lowest BCUT2D eigenvalue weighted by atomic mass is 10.0. The molecule has 1 unspecified atom stereocenters. The van der Waals surface area contributed by atoms with E-state index in [1.165, 1.54) is 12.3 Å². The van der Waals surface area contributed by atoms with Gasteiger partial charge in [-0.2, -0.15) is 5.10 Å². The number of fused-ring (bicyclic) bond motifs is 1. The Hall–Kier alpha value is -4.40. The summed E-state index contributed by atoms with van der Waals surface area (Å²) in [6.45, 7) is 4.63. The quantitative estimate of drug-likeness (QED) is 0.441. The average molecular weight is 471 g/mol. The summed E-state index contributed by atoms with van der Waals surface area (Å²) in [5.41, 5.74) is 2.10. The fraction of sp³-hybridized carbons (Fsp3) is 0.192. The van der Waals surface area contributed by atoms with Crippen LogP contribution in [0.5, 0.6) is 0 Å². The van der Waals surface area contributed by atoms with E-state index in [0.717, 1.165) is 18.4 Å². The molecule has 1 atom stereocenters. The minimum Gasteiger partial charge on any atom is -0.337 e. The number of likely N-dealkylation sites (tertiary alicyclic amines) is 1. The zero-order valence-corrected chi connectivity index (χ0v) is 18.9. The van der Waals surface area contributed by atoms with E-state index in [1.807, 2.05) is 0 Å². The fourth-order valence-corrected chi connectivity index (χ4v) is 4.41. The lowest BCUT2D eigenvalue weighted by Gasteiger charge is -2.32. The molecule has 8 nitrogen and oxygen atoms in total. The van der Waals surface area contributed by atoms with E-state index in [0.29, 0.717) is 41.1 Å². The topological polar surface area (TPSA) is 93.0 Å². The van der Waals surface area contributed by atoms with Gasteiger partial charge in [-0.25, -0.2) is 9.37 Å². The van der Waals surface area contributed by atoms with Gasteiger partial charge < -0.3 is 10.2 Å². The molecule has 0 saturated carbocycles. The number of pyridine rings is 2. The van der Waals surface area contributed by atoms with E-state index in [-0.39, 0.29) is 17.9 Å². The number of benzene rings is 1. The average Bonchev–Trinajstić information content (AvgIpc) is 3.30. The maximum Gasteiger partial charge on any atom is 0.256 e. The summed E-state index contributed by atoms with van der Waals surface area (Å²) in [6.07, 6.45) is 7.22. The van der Waals surface area contributed by atoms with Crippen molar-refractivity contribution in [1.29, 1.82) is 0 Å². The summed E-state index contributed by atoms with van der Waals surface area (Å²) in [5, 5.41) is 8.09. The molecule has 0 spiro atoms. The van der Waals surface area contributed by atoms with Crippen molar-refractivity contribution in [3.8, 4) is 11.3 Å². The van der Waals surface area contributed by atoms with Crippen LogP contribution in [0.4, 0.5) is 10.2 Å². The SMILES string of the molecule is C=CC(=O)N1CCCC(n2nc(-c3ccc(C(=O)Nc4ccccn4)cc3)c3cncc(F)c32)C1. The normalized spacial score (nSPS) is 15.7. The van der Waals surface area contributed by atoms with Crippen LogP contribution < -0.4 is 5.32 Å². The van der Waals surface area contributed by atoms with Gasteiger partial charge in [0.1, 0.15) is 17.0 Å². The molecule has 1 saturated heterocycles. The minimum atomic E-state index is -0.472. The number of halogens is 1. The van der Waals surface area contributed by atoms with Gasteiger partial charge in [0.15, 0.2) is 5.82 Å². The number of anilines is 1. The highest BCUT2D eigenvalue weighted by Crippen LogP contribution is 2.33. The minimum absolute atomic E-state index is 0.145. The van der Waals surface area contributed by atoms with E-state index in [9.17, 15) is 14.0 Å². The lowest BCUT2D eigenvalue weighted by Crippen LogP contribution is -2.40. The van der Waals surface area contributed by atoms with Gasteiger partial charge in [0.2, 0.25) is 5.91 Å². The molecule has 0 bridgehead atoms. The van der Waals surface area contributed by atoms with Gasteiger partial charge in [-0.05, 0) is 43.2 Å². The molecule has 4 heterocycles. The second kappa shape index (κ2) is 9.46. The summed E-state index contributed by atoms with van der Waals surface area (Å²) in [5.74, 6) is -0.440. The molecule has 1 N–H and O–H groups in total. The summed E-state index contributed by atoms with van der Waals surface area (Å²) < 4.78 is 16.6. The number of nitrogens with one attached hydrogen (secondary N) is 1. The third kappa shape index (κ3) is 4.40. The predicted octanol–water partition coefficient (Wildman–Crippen LogP) is 4.23. The van der Waals surface area contributed by atoms with Gasteiger partial charge in [0.05, 0.1) is 12.2 Å². The van der Waals surface area contributed by atoms with Gasteiger partial charge in [0.25, 0.3) is 5.91 Å². The molecule has 3 aromatic heterocycles. The van der Waals surface area contributed by atoms with Crippen LogP contribution in [-0.2, 0) is 4.79 Å². The Kier molecular flexibility index (Phi) is 6.05. The summed E-state index contributed by atoms with van der Waals surface area (Å²) in [4.78, 5) is 34.6. The largest absolute Gasteiger partial charge is 0.337 e. The zero-order valence-electron chi connectivity index (χ0n) is 18.9. The molecule has 0 radical (unpaired) electrons. The number of nitrogens with zero attached hydrogens (tertiary/aromatic N) is 5.